The van der Waals surface area contributed by atoms with Crippen LogP contribution < -0.4 is 4.72 Å². The third kappa shape index (κ3) is 4.73. The highest BCUT2D eigenvalue weighted by molar-refractivity contribution is 7.89. The van der Waals surface area contributed by atoms with Crippen LogP contribution in [0.5, 0.6) is 0 Å². The van der Waals surface area contributed by atoms with Gasteiger partial charge in [-0.25, -0.2) is 13.1 Å². The lowest BCUT2D eigenvalue weighted by atomic mass is 10.5. The number of aromatic nitrogens is 2. The summed E-state index contributed by atoms with van der Waals surface area (Å²) in [5.74, 6) is 0. The summed E-state index contributed by atoms with van der Waals surface area (Å²) in [5, 5.41) is 12.6. The maximum absolute atomic E-state index is 11.8. The van der Waals surface area contributed by atoms with Crippen molar-refractivity contribution >= 4 is 10.0 Å². The SMILES string of the molecule is CCOCCNS(=O)(=O)c1cnn(CCCO)c1. The van der Waals surface area contributed by atoms with Crippen LogP contribution in [0.15, 0.2) is 17.3 Å². The second kappa shape index (κ2) is 7.47. The van der Waals surface area contributed by atoms with Crippen LogP contribution in [0.3, 0.4) is 0 Å². The lowest BCUT2D eigenvalue weighted by Crippen LogP contribution is -2.27. The molecule has 0 aromatic carbocycles. The van der Waals surface area contributed by atoms with E-state index in [4.69, 9.17) is 9.84 Å². The maximum atomic E-state index is 11.8. The lowest BCUT2D eigenvalue weighted by molar-refractivity contribution is 0.153. The molecule has 18 heavy (non-hydrogen) atoms. The van der Waals surface area contributed by atoms with Crippen LogP contribution >= 0.6 is 0 Å². The molecule has 0 unspecified atom stereocenters. The van der Waals surface area contributed by atoms with Gasteiger partial charge in [-0.05, 0) is 13.3 Å². The molecule has 0 radical (unpaired) electrons. The standard InChI is InChI=1S/C10H19N3O4S/c1-2-17-7-4-12-18(15,16)10-8-11-13(9-10)5-3-6-14/h8-9,12,14H,2-7H2,1H3. The molecular formula is C10H19N3O4S. The monoisotopic (exact) mass is 277 g/mol. The Morgan fingerprint density at radius 3 is 3.00 bits per heavy atom. The van der Waals surface area contributed by atoms with Crippen molar-refractivity contribution in [2.45, 2.75) is 24.8 Å². The molecule has 8 heteroatoms. The number of sulfonamides is 1. The fourth-order valence-corrected chi connectivity index (χ4v) is 2.28. The first kappa shape index (κ1) is 15.1. The van der Waals surface area contributed by atoms with Gasteiger partial charge in [-0.15, -0.1) is 0 Å². The van der Waals surface area contributed by atoms with Crippen LogP contribution in [0.1, 0.15) is 13.3 Å². The van der Waals surface area contributed by atoms with Crippen LogP contribution in [0.25, 0.3) is 0 Å². The zero-order valence-electron chi connectivity index (χ0n) is 10.4. The Morgan fingerprint density at radius 1 is 1.56 bits per heavy atom. The van der Waals surface area contributed by atoms with E-state index in [1.165, 1.54) is 17.1 Å². The fraction of sp³-hybridized carbons (Fsp3) is 0.700. The Hall–Kier alpha value is -0.960. The number of nitrogens with one attached hydrogen (secondary N) is 1. The molecule has 0 saturated heterocycles. The Balaban J connectivity index is 2.53. The van der Waals surface area contributed by atoms with Crippen molar-refractivity contribution in [2.75, 3.05) is 26.4 Å². The van der Waals surface area contributed by atoms with Gasteiger partial charge in [0.05, 0.1) is 12.8 Å². The fourth-order valence-electron chi connectivity index (χ4n) is 1.31. The molecule has 0 fully saturated rings. The Kier molecular flexibility index (Phi) is 6.27. The number of rotatable bonds is 9. The number of aliphatic hydroxyl groups excluding tert-OH is 1. The largest absolute Gasteiger partial charge is 0.396 e. The quantitative estimate of drug-likeness (QED) is 0.598. The molecule has 0 aliphatic heterocycles. The molecule has 0 saturated carbocycles. The molecule has 1 rings (SSSR count). The van der Waals surface area contributed by atoms with E-state index < -0.39 is 10.0 Å². The van der Waals surface area contributed by atoms with Crippen molar-refractivity contribution in [1.29, 1.82) is 0 Å². The zero-order chi connectivity index (χ0) is 13.4. The van der Waals surface area contributed by atoms with Crippen LogP contribution in [0.4, 0.5) is 0 Å². The highest BCUT2D eigenvalue weighted by Gasteiger charge is 2.15. The summed E-state index contributed by atoms with van der Waals surface area (Å²) in [7, 11) is -3.52. The van der Waals surface area contributed by atoms with Gasteiger partial charge in [0, 0.05) is 32.5 Å². The first-order valence-corrected chi connectivity index (χ1v) is 7.29. The van der Waals surface area contributed by atoms with E-state index in [0.717, 1.165) is 0 Å². The highest BCUT2D eigenvalue weighted by atomic mass is 32.2. The topological polar surface area (TPSA) is 93.5 Å². The highest BCUT2D eigenvalue weighted by Crippen LogP contribution is 2.06. The van der Waals surface area contributed by atoms with Gasteiger partial charge in [0.1, 0.15) is 4.90 Å². The van der Waals surface area contributed by atoms with E-state index in [1.54, 1.807) is 0 Å². The molecule has 0 atom stereocenters. The summed E-state index contributed by atoms with van der Waals surface area (Å²) in [6.45, 7) is 3.52. The summed E-state index contributed by atoms with van der Waals surface area (Å²) in [5.41, 5.74) is 0. The Morgan fingerprint density at radius 2 is 2.33 bits per heavy atom. The minimum atomic E-state index is -3.52. The van der Waals surface area contributed by atoms with Gasteiger partial charge < -0.3 is 9.84 Å². The smallest absolute Gasteiger partial charge is 0.243 e. The van der Waals surface area contributed by atoms with Gasteiger partial charge in [0.2, 0.25) is 10.0 Å². The normalized spacial score (nSPS) is 11.9. The van der Waals surface area contributed by atoms with E-state index >= 15 is 0 Å². The predicted octanol–water partition coefficient (Wildman–Crippen LogP) is -0.420. The molecule has 0 spiro atoms. The van der Waals surface area contributed by atoms with Crippen LogP contribution in [0, 0.1) is 0 Å². The molecule has 2 N–H and O–H groups in total. The molecule has 7 nitrogen and oxygen atoms in total. The van der Waals surface area contributed by atoms with Crippen molar-refractivity contribution in [3.63, 3.8) is 0 Å². The lowest BCUT2D eigenvalue weighted by Gasteiger charge is -2.04. The predicted molar refractivity (Wildman–Crippen MR) is 65.6 cm³/mol. The summed E-state index contributed by atoms with van der Waals surface area (Å²) in [4.78, 5) is 0.122. The first-order chi connectivity index (χ1) is 8.60. The third-order valence-corrected chi connectivity index (χ3v) is 3.62. The van der Waals surface area contributed by atoms with Crippen molar-refractivity contribution in [2.24, 2.45) is 0 Å². The number of nitrogens with zero attached hydrogens (tertiary/aromatic N) is 2. The molecule has 0 aliphatic carbocycles. The molecule has 1 aromatic rings. The van der Waals surface area contributed by atoms with Crippen LogP contribution in [-0.4, -0.2) is 49.7 Å². The first-order valence-electron chi connectivity index (χ1n) is 5.81. The van der Waals surface area contributed by atoms with Crippen LogP contribution in [-0.2, 0) is 21.3 Å². The van der Waals surface area contributed by atoms with Crippen molar-refractivity contribution in [1.82, 2.24) is 14.5 Å². The van der Waals surface area contributed by atoms with Gasteiger partial charge in [0.25, 0.3) is 0 Å². The zero-order valence-corrected chi connectivity index (χ0v) is 11.2. The molecule has 104 valence electrons. The number of aliphatic hydroxyl groups is 1. The number of aryl methyl sites for hydroxylation is 1. The number of hydrogen-bond acceptors (Lipinski definition) is 5. The number of ether oxygens (including phenoxy) is 1. The molecule has 1 aromatic heterocycles. The van der Waals surface area contributed by atoms with Gasteiger partial charge in [-0.2, -0.15) is 5.10 Å². The summed E-state index contributed by atoms with van der Waals surface area (Å²) >= 11 is 0. The average molecular weight is 277 g/mol. The van der Waals surface area contributed by atoms with E-state index in [-0.39, 0.29) is 18.0 Å². The van der Waals surface area contributed by atoms with Crippen molar-refractivity contribution in [3.8, 4) is 0 Å². The molecule has 1 heterocycles. The van der Waals surface area contributed by atoms with Gasteiger partial charge in [-0.1, -0.05) is 0 Å². The van der Waals surface area contributed by atoms with E-state index in [1.807, 2.05) is 6.92 Å². The summed E-state index contributed by atoms with van der Waals surface area (Å²) in [6, 6.07) is 0. The minimum absolute atomic E-state index is 0.0501. The summed E-state index contributed by atoms with van der Waals surface area (Å²) < 4.78 is 32.6. The van der Waals surface area contributed by atoms with Crippen molar-refractivity contribution in [3.05, 3.63) is 12.4 Å². The third-order valence-electron chi connectivity index (χ3n) is 2.21. The van der Waals surface area contributed by atoms with E-state index in [0.29, 0.717) is 26.2 Å². The molecule has 0 bridgehead atoms. The molecule has 0 aliphatic rings. The Labute approximate surface area is 107 Å². The van der Waals surface area contributed by atoms with Gasteiger partial charge >= 0.3 is 0 Å². The second-order valence-corrected chi connectivity index (χ2v) is 5.38. The number of hydrogen-bond donors (Lipinski definition) is 2. The van der Waals surface area contributed by atoms with Crippen LogP contribution in [0.2, 0.25) is 0 Å². The second-order valence-electron chi connectivity index (χ2n) is 3.61. The van der Waals surface area contributed by atoms with Gasteiger partial charge in [-0.3, -0.25) is 4.68 Å². The van der Waals surface area contributed by atoms with E-state index in [2.05, 4.69) is 9.82 Å². The van der Waals surface area contributed by atoms with Crippen molar-refractivity contribution < 1.29 is 18.3 Å². The van der Waals surface area contributed by atoms with Gasteiger partial charge in [0.15, 0.2) is 0 Å². The Bertz CT molecular complexity index is 444. The summed E-state index contributed by atoms with van der Waals surface area (Å²) in [6.07, 6.45) is 3.28. The molecular weight excluding hydrogens is 258 g/mol. The van der Waals surface area contributed by atoms with E-state index in [9.17, 15) is 8.42 Å². The minimum Gasteiger partial charge on any atom is -0.396 e. The molecule has 0 amide bonds. The maximum Gasteiger partial charge on any atom is 0.243 e. The average Bonchev–Trinajstić information content (AvgIpc) is 2.81.